The molecule has 0 radical (unpaired) electrons. The Morgan fingerprint density at radius 1 is 1.03 bits per heavy atom. The van der Waals surface area contributed by atoms with Gasteiger partial charge < -0.3 is 9.64 Å². The van der Waals surface area contributed by atoms with Gasteiger partial charge in [0, 0.05) is 31.5 Å². The van der Waals surface area contributed by atoms with Gasteiger partial charge in [0.1, 0.15) is 12.4 Å². The number of hydrogen-bond donors (Lipinski definition) is 1. The van der Waals surface area contributed by atoms with E-state index in [0.29, 0.717) is 42.7 Å². The fraction of sp³-hybridized carbons (Fsp3) is 0.200. The van der Waals surface area contributed by atoms with Gasteiger partial charge in [0.15, 0.2) is 0 Å². The highest BCUT2D eigenvalue weighted by Crippen LogP contribution is 2.27. The molecular formula is C25H24N6O4S. The predicted molar refractivity (Wildman–Crippen MR) is 135 cm³/mol. The van der Waals surface area contributed by atoms with E-state index in [1.165, 1.54) is 17.0 Å². The van der Waals surface area contributed by atoms with Gasteiger partial charge in [0.05, 0.1) is 29.4 Å². The zero-order chi connectivity index (χ0) is 25.1. The second kappa shape index (κ2) is 9.88. The maximum atomic E-state index is 12.6. The number of nitrogens with one attached hydrogen (secondary N) is 1. The SMILES string of the molecule is Cn1c(N2CCO[C@@H](c3ccc(NS(=O)(=O)c4ccccc4)cc3)C2)nc(-c2ccncn2)cc1=O. The van der Waals surface area contributed by atoms with E-state index in [9.17, 15) is 13.2 Å². The van der Waals surface area contributed by atoms with Crippen molar-refractivity contribution >= 4 is 21.7 Å². The maximum Gasteiger partial charge on any atom is 0.261 e. The quantitative estimate of drug-likeness (QED) is 0.426. The summed E-state index contributed by atoms with van der Waals surface area (Å²) >= 11 is 0. The van der Waals surface area contributed by atoms with E-state index < -0.39 is 10.0 Å². The molecule has 1 N–H and O–H groups in total. The average molecular weight is 505 g/mol. The van der Waals surface area contributed by atoms with E-state index >= 15 is 0 Å². The molecule has 1 fully saturated rings. The summed E-state index contributed by atoms with van der Waals surface area (Å²) in [6.45, 7) is 1.49. The lowest BCUT2D eigenvalue weighted by Crippen LogP contribution is -2.41. The molecule has 184 valence electrons. The van der Waals surface area contributed by atoms with Crippen molar-refractivity contribution in [2.45, 2.75) is 11.0 Å². The molecule has 0 aliphatic carbocycles. The van der Waals surface area contributed by atoms with Gasteiger partial charge >= 0.3 is 0 Å². The van der Waals surface area contributed by atoms with Crippen molar-refractivity contribution in [2.24, 2.45) is 7.05 Å². The molecule has 1 aliphatic heterocycles. The van der Waals surface area contributed by atoms with Crippen LogP contribution in [0.3, 0.4) is 0 Å². The highest BCUT2D eigenvalue weighted by molar-refractivity contribution is 7.92. The van der Waals surface area contributed by atoms with E-state index in [-0.39, 0.29) is 16.6 Å². The molecule has 0 spiro atoms. The summed E-state index contributed by atoms with van der Waals surface area (Å²) in [6.07, 6.45) is 2.75. The summed E-state index contributed by atoms with van der Waals surface area (Å²) < 4.78 is 35.3. The van der Waals surface area contributed by atoms with Gasteiger partial charge in [0.25, 0.3) is 15.6 Å². The molecule has 5 rings (SSSR count). The van der Waals surface area contributed by atoms with E-state index in [1.54, 1.807) is 61.8 Å². The second-order valence-electron chi connectivity index (χ2n) is 8.28. The molecule has 11 heteroatoms. The van der Waals surface area contributed by atoms with Crippen LogP contribution in [0.4, 0.5) is 11.6 Å². The van der Waals surface area contributed by atoms with Crippen molar-refractivity contribution in [3.63, 3.8) is 0 Å². The van der Waals surface area contributed by atoms with Crippen LogP contribution in [0.25, 0.3) is 11.4 Å². The van der Waals surface area contributed by atoms with Gasteiger partial charge in [-0.25, -0.2) is 23.4 Å². The van der Waals surface area contributed by atoms with Crippen molar-refractivity contribution < 1.29 is 13.2 Å². The third kappa shape index (κ3) is 4.97. The number of benzene rings is 2. The molecule has 1 saturated heterocycles. The Bertz CT molecular complexity index is 1510. The number of sulfonamides is 1. The minimum Gasteiger partial charge on any atom is -0.370 e. The van der Waals surface area contributed by atoms with E-state index in [4.69, 9.17) is 9.72 Å². The van der Waals surface area contributed by atoms with E-state index in [1.807, 2.05) is 17.0 Å². The third-order valence-electron chi connectivity index (χ3n) is 5.89. The lowest BCUT2D eigenvalue weighted by atomic mass is 10.1. The topological polar surface area (TPSA) is 119 Å². The molecule has 0 saturated carbocycles. The van der Waals surface area contributed by atoms with Crippen molar-refractivity contribution in [1.82, 2.24) is 19.5 Å². The van der Waals surface area contributed by atoms with Crippen molar-refractivity contribution in [1.29, 1.82) is 0 Å². The Morgan fingerprint density at radius 2 is 1.81 bits per heavy atom. The van der Waals surface area contributed by atoms with Gasteiger partial charge in [-0.3, -0.25) is 14.1 Å². The van der Waals surface area contributed by atoms with Crippen molar-refractivity contribution in [3.05, 3.63) is 95.2 Å². The van der Waals surface area contributed by atoms with Crippen LogP contribution in [-0.4, -0.2) is 47.6 Å². The van der Waals surface area contributed by atoms with E-state index in [2.05, 4.69) is 14.7 Å². The average Bonchev–Trinajstić information content (AvgIpc) is 2.91. The van der Waals surface area contributed by atoms with Crippen molar-refractivity contribution in [3.8, 4) is 11.4 Å². The number of ether oxygens (including phenoxy) is 1. The standard InChI is InChI=1S/C25H24N6O4S/c1-30-24(32)15-22(21-11-12-26-17-27-21)28-25(30)31-13-14-35-23(16-31)18-7-9-19(10-8-18)29-36(33,34)20-5-3-2-4-6-20/h2-12,15,17,23,29H,13-14,16H2,1H3/t23-/m1/s1. The number of aromatic nitrogens is 4. The molecular weight excluding hydrogens is 480 g/mol. The number of rotatable bonds is 6. The fourth-order valence-corrected chi connectivity index (χ4v) is 5.08. The molecule has 1 aliphatic rings. The lowest BCUT2D eigenvalue weighted by Gasteiger charge is -2.34. The Morgan fingerprint density at radius 3 is 2.53 bits per heavy atom. The molecule has 10 nitrogen and oxygen atoms in total. The van der Waals surface area contributed by atoms with Crippen LogP contribution in [0.1, 0.15) is 11.7 Å². The highest BCUT2D eigenvalue weighted by atomic mass is 32.2. The van der Waals surface area contributed by atoms with Crippen molar-refractivity contribution in [2.75, 3.05) is 29.3 Å². The summed E-state index contributed by atoms with van der Waals surface area (Å²) in [6, 6.07) is 18.5. The summed E-state index contributed by atoms with van der Waals surface area (Å²) in [7, 11) is -1.98. The first-order chi connectivity index (χ1) is 17.4. The lowest BCUT2D eigenvalue weighted by molar-refractivity contribution is 0.0390. The number of morpholine rings is 1. The Hall–Kier alpha value is -4.09. The predicted octanol–water partition coefficient (Wildman–Crippen LogP) is 2.62. The Kier molecular flexibility index (Phi) is 6.49. The fourth-order valence-electron chi connectivity index (χ4n) is 4.00. The Balaban J connectivity index is 1.35. The van der Waals surface area contributed by atoms with Crippen LogP contribution in [0, 0.1) is 0 Å². The molecule has 3 heterocycles. The Labute approximate surface area is 208 Å². The monoisotopic (exact) mass is 504 g/mol. The summed E-state index contributed by atoms with van der Waals surface area (Å²) in [5.41, 5.74) is 2.21. The molecule has 1 atom stereocenters. The normalized spacial score (nSPS) is 16.0. The second-order valence-corrected chi connectivity index (χ2v) is 9.96. The van der Waals surface area contributed by atoms with Gasteiger partial charge in [-0.2, -0.15) is 0 Å². The van der Waals surface area contributed by atoms with Gasteiger partial charge in [0.2, 0.25) is 5.95 Å². The zero-order valence-electron chi connectivity index (χ0n) is 19.5. The first-order valence-electron chi connectivity index (χ1n) is 11.3. The summed E-state index contributed by atoms with van der Waals surface area (Å²) in [5.74, 6) is 0.525. The van der Waals surface area contributed by atoms with Crippen LogP contribution in [-0.2, 0) is 21.8 Å². The van der Waals surface area contributed by atoms with E-state index in [0.717, 1.165) is 5.56 Å². The van der Waals surface area contributed by atoms with Crippen LogP contribution in [0.5, 0.6) is 0 Å². The molecule has 2 aromatic heterocycles. The zero-order valence-corrected chi connectivity index (χ0v) is 20.3. The maximum absolute atomic E-state index is 12.6. The first-order valence-corrected chi connectivity index (χ1v) is 12.8. The molecule has 4 aromatic rings. The van der Waals surface area contributed by atoms with Gasteiger partial charge in [-0.15, -0.1) is 0 Å². The molecule has 0 amide bonds. The summed E-state index contributed by atoms with van der Waals surface area (Å²) in [4.78, 5) is 27.7. The minimum absolute atomic E-state index is 0.188. The van der Waals surface area contributed by atoms with Crippen LogP contribution >= 0.6 is 0 Å². The summed E-state index contributed by atoms with van der Waals surface area (Å²) in [5, 5.41) is 0. The number of hydrogen-bond acceptors (Lipinski definition) is 8. The first kappa shape index (κ1) is 23.6. The van der Waals surface area contributed by atoms with Crippen LogP contribution < -0.4 is 15.2 Å². The number of anilines is 2. The minimum atomic E-state index is -3.67. The third-order valence-corrected chi connectivity index (χ3v) is 7.29. The molecule has 0 bridgehead atoms. The largest absolute Gasteiger partial charge is 0.370 e. The number of nitrogens with zero attached hydrogens (tertiary/aromatic N) is 5. The molecule has 2 aromatic carbocycles. The van der Waals surface area contributed by atoms with Crippen LogP contribution in [0.15, 0.2) is 88.9 Å². The molecule has 0 unspecified atom stereocenters. The van der Waals surface area contributed by atoms with Crippen LogP contribution in [0.2, 0.25) is 0 Å². The highest BCUT2D eigenvalue weighted by Gasteiger charge is 2.25. The van der Waals surface area contributed by atoms with Gasteiger partial charge in [-0.1, -0.05) is 30.3 Å². The van der Waals surface area contributed by atoms with Gasteiger partial charge in [-0.05, 0) is 35.9 Å². The smallest absolute Gasteiger partial charge is 0.261 e. The molecule has 36 heavy (non-hydrogen) atoms.